The Labute approximate surface area is 220 Å². The summed E-state index contributed by atoms with van der Waals surface area (Å²) in [6, 6.07) is 31.8. The zero-order valence-electron chi connectivity index (χ0n) is 21.1. The maximum Gasteiger partial charge on any atom is 0.358 e. The average Bonchev–Trinajstić information content (AvgIpc) is 3.57. The van der Waals surface area contributed by atoms with Crippen LogP contribution in [0.2, 0.25) is 0 Å². The van der Waals surface area contributed by atoms with Crippen LogP contribution in [-0.2, 0) is 17.6 Å². The minimum Gasteiger partial charge on any atom is -0.461 e. The van der Waals surface area contributed by atoms with Crippen LogP contribution in [0.25, 0.3) is 27.7 Å². The minimum atomic E-state index is -0.471. The Morgan fingerprint density at radius 1 is 0.868 bits per heavy atom. The molecule has 0 fully saturated rings. The number of carbonyl (C=O) groups excluding carboxylic acids is 2. The molecule has 1 aliphatic carbocycles. The molecule has 0 unspecified atom stereocenters. The summed E-state index contributed by atoms with van der Waals surface area (Å²) in [5.41, 5.74) is 5.84. The van der Waals surface area contributed by atoms with Gasteiger partial charge in [-0.15, -0.1) is 0 Å². The summed E-state index contributed by atoms with van der Waals surface area (Å²) in [5.74, 6) is -0.571. The zero-order valence-corrected chi connectivity index (χ0v) is 21.1. The maximum atomic E-state index is 13.0. The molecule has 0 atom stereocenters. The number of carbonyl (C=O) groups is 2. The first kappa shape index (κ1) is 23.7. The lowest BCUT2D eigenvalue weighted by atomic mass is 10.0. The van der Waals surface area contributed by atoms with Gasteiger partial charge in [-0.25, -0.2) is 9.48 Å². The molecule has 4 aromatic carbocycles. The largest absolute Gasteiger partial charge is 0.461 e. The van der Waals surface area contributed by atoms with Crippen LogP contribution in [0, 0.1) is 0 Å². The fourth-order valence-electron chi connectivity index (χ4n) is 5.12. The number of hydrogen-bond donors (Lipinski definition) is 1. The predicted octanol–water partition coefficient (Wildman–Crippen LogP) is 5.77. The van der Waals surface area contributed by atoms with Gasteiger partial charge in [0.1, 0.15) is 0 Å². The van der Waals surface area contributed by atoms with E-state index in [1.165, 1.54) is 11.1 Å². The summed E-state index contributed by atoms with van der Waals surface area (Å²) in [6.07, 6.45) is 1.69. The molecular weight excluding hydrogens is 474 g/mol. The summed E-state index contributed by atoms with van der Waals surface area (Å²) in [4.78, 5) is 25.5. The standard InChI is InChI=1S/C32H27N3O3/c1-2-38-32(37)29-20-30(26-12-11-21-7-3-4-8-23(21)17-26)35(34-29)28-15-13-22(14-16-28)31(36)33-27-18-24-9-5-6-10-25(24)19-27/h3-17,20,27H,2,18-19H2,1H3,(H,33,36). The van der Waals surface area contributed by atoms with Crippen LogP contribution < -0.4 is 5.32 Å². The van der Waals surface area contributed by atoms with Gasteiger partial charge in [-0.2, -0.15) is 5.10 Å². The lowest BCUT2D eigenvalue weighted by Gasteiger charge is -2.13. The molecular formula is C32H27N3O3. The highest BCUT2D eigenvalue weighted by atomic mass is 16.5. The number of benzene rings is 4. The van der Waals surface area contributed by atoms with Gasteiger partial charge in [0.25, 0.3) is 5.91 Å². The molecule has 6 rings (SSSR count). The van der Waals surface area contributed by atoms with Crippen molar-refractivity contribution in [2.45, 2.75) is 25.8 Å². The van der Waals surface area contributed by atoms with Gasteiger partial charge >= 0.3 is 5.97 Å². The number of rotatable bonds is 6. The lowest BCUT2D eigenvalue weighted by molar-refractivity contribution is 0.0518. The number of aromatic nitrogens is 2. The van der Waals surface area contributed by atoms with Crippen molar-refractivity contribution < 1.29 is 14.3 Å². The number of esters is 1. The molecule has 1 amide bonds. The number of hydrogen-bond acceptors (Lipinski definition) is 4. The van der Waals surface area contributed by atoms with Gasteiger partial charge in [0.05, 0.1) is 18.0 Å². The molecule has 0 saturated heterocycles. The predicted molar refractivity (Wildman–Crippen MR) is 148 cm³/mol. The molecule has 6 nitrogen and oxygen atoms in total. The first-order valence-corrected chi connectivity index (χ1v) is 12.8. The van der Waals surface area contributed by atoms with E-state index in [2.05, 4.69) is 46.8 Å². The second-order valence-corrected chi connectivity index (χ2v) is 9.50. The summed E-state index contributed by atoms with van der Waals surface area (Å²) in [6.45, 7) is 2.04. The van der Waals surface area contributed by atoms with Crippen LogP contribution in [0.3, 0.4) is 0 Å². The number of nitrogens with one attached hydrogen (secondary N) is 1. The van der Waals surface area contributed by atoms with Crippen molar-refractivity contribution in [3.05, 3.63) is 119 Å². The minimum absolute atomic E-state index is 0.0948. The topological polar surface area (TPSA) is 73.2 Å². The van der Waals surface area contributed by atoms with Crippen LogP contribution in [0.5, 0.6) is 0 Å². The van der Waals surface area contributed by atoms with Gasteiger partial charge in [0.2, 0.25) is 0 Å². The highest BCUT2D eigenvalue weighted by Gasteiger charge is 2.23. The number of amides is 1. The summed E-state index contributed by atoms with van der Waals surface area (Å²) >= 11 is 0. The highest BCUT2D eigenvalue weighted by molar-refractivity contribution is 5.95. The van der Waals surface area contributed by atoms with E-state index in [0.717, 1.165) is 40.6 Å². The van der Waals surface area contributed by atoms with Gasteiger partial charge in [-0.3, -0.25) is 4.79 Å². The molecule has 188 valence electrons. The van der Waals surface area contributed by atoms with E-state index in [4.69, 9.17) is 4.74 Å². The number of ether oxygens (including phenoxy) is 1. The summed E-state index contributed by atoms with van der Waals surface area (Å²) < 4.78 is 6.94. The van der Waals surface area contributed by atoms with Crippen LogP contribution in [0.15, 0.2) is 97.1 Å². The first-order chi connectivity index (χ1) is 18.6. The fraction of sp³-hybridized carbons (Fsp3) is 0.156. The molecule has 5 aromatic rings. The Morgan fingerprint density at radius 3 is 2.26 bits per heavy atom. The normalized spacial score (nSPS) is 12.9. The Kier molecular flexibility index (Phi) is 6.22. The van der Waals surface area contributed by atoms with Crippen molar-refractivity contribution >= 4 is 22.6 Å². The van der Waals surface area contributed by atoms with E-state index in [1.807, 2.05) is 42.5 Å². The van der Waals surface area contributed by atoms with Crippen molar-refractivity contribution in [3.8, 4) is 16.9 Å². The Balaban J connectivity index is 1.28. The molecule has 6 heteroatoms. The van der Waals surface area contributed by atoms with Gasteiger partial charge in [0, 0.05) is 17.2 Å². The molecule has 1 aromatic heterocycles. The number of nitrogens with zero attached hydrogens (tertiary/aromatic N) is 2. The summed E-state index contributed by atoms with van der Waals surface area (Å²) in [7, 11) is 0. The smallest absolute Gasteiger partial charge is 0.358 e. The third-order valence-electron chi connectivity index (χ3n) is 7.00. The van der Waals surface area contributed by atoms with Crippen molar-refractivity contribution in [2.24, 2.45) is 0 Å². The van der Waals surface area contributed by atoms with Gasteiger partial charge in [0.15, 0.2) is 5.69 Å². The highest BCUT2D eigenvalue weighted by Crippen LogP contribution is 2.28. The molecule has 0 aliphatic heterocycles. The summed E-state index contributed by atoms with van der Waals surface area (Å²) in [5, 5.41) is 9.97. The van der Waals surface area contributed by atoms with Crippen molar-refractivity contribution in [1.82, 2.24) is 15.1 Å². The van der Waals surface area contributed by atoms with E-state index in [0.29, 0.717) is 5.56 Å². The van der Waals surface area contributed by atoms with Crippen LogP contribution >= 0.6 is 0 Å². The molecule has 1 N–H and O–H groups in total. The van der Waals surface area contributed by atoms with Crippen LogP contribution in [-0.4, -0.2) is 34.3 Å². The second kappa shape index (κ2) is 9.98. The van der Waals surface area contributed by atoms with Gasteiger partial charge in [-0.05, 0) is 78.1 Å². The van der Waals surface area contributed by atoms with E-state index in [-0.39, 0.29) is 24.2 Å². The first-order valence-electron chi connectivity index (χ1n) is 12.8. The molecule has 1 heterocycles. The SMILES string of the molecule is CCOC(=O)c1cc(-c2ccc3ccccc3c2)n(-c2ccc(C(=O)NC3Cc4ccccc4C3)cc2)n1. The Hall–Kier alpha value is -4.71. The molecule has 0 saturated carbocycles. The van der Waals surface area contributed by atoms with E-state index in [9.17, 15) is 9.59 Å². The molecule has 0 spiro atoms. The van der Waals surface area contributed by atoms with Gasteiger partial charge < -0.3 is 10.1 Å². The quantitative estimate of drug-likeness (QED) is 0.300. The van der Waals surface area contributed by atoms with Crippen molar-refractivity contribution in [3.63, 3.8) is 0 Å². The Morgan fingerprint density at radius 2 is 1.55 bits per heavy atom. The van der Waals surface area contributed by atoms with Gasteiger partial charge in [-0.1, -0.05) is 60.7 Å². The Bertz CT molecular complexity index is 1630. The van der Waals surface area contributed by atoms with Crippen molar-refractivity contribution in [1.29, 1.82) is 0 Å². The maximum absolute atomic E-state index is 13.0. The monoisotopic (exact) mass is 501 g/mol. The molecule has 0 bridgehead atoms. The number of fused-ring (bicyclic) bond motifs is 2. The lowest BCUT2D eigenvalue weighted by Crippen LogP contribution is -2.35. The van der Waals surface area contributed by atoms with E-state index >= 15 is 0 Å². The zero-order chi connectivity index (χ0) is 26.1. The van der Waals surface area contributed by atoms with E-state index < -0.39 is 5.97 Å². The molecule has 0 radical (unpaired) electrons. The van der Waals surface area contributed by atoms with Crippen LogP contribution in [0.4, 0.5) is 0 Å². The average molecular weight is 502 g/mol. The van der Waals surface area contributed by atoms with E-state index in [1.54, 1.807) is 29.8 Å². The third-order valence-corrected chi connectivity index (χ3v) is 7.00. The third kappa shape index (κ3) is 4.57. The van der Waals surface area contributed by atoms with Crippen LogP contribution in [0.1, 0.15) is 38.9 Å². The second-order valence-electron chi connectivity index (χ2n) is 9.50. The fourth-order valence-corrected chi connectivity index (χ4v) is 5.12. The molecule has 38 heavy (non-hydrogen) atoms. The molecule has 1 aliphatic rings. The van der Waals surface area contributed by atoms with Crippen molar-refractivity contribution in [2.75, 3.05) is 6.61 Å².